The van der Waals surface area contributed by atoms with Crippen LogP contribution in [0.25, 0.3) is 5.57 Å². The van der Waals surface area contributed by atoms with E-state index >= 15 is 0 Å². The number of carboxylic acid groups (broad SMARTS) is 2. The van der Waals surface area contributed by atoms with E-state index < -0.39 is 57.2 Å². The zero-order valence-corrected chi connectivity index (χ0v) is 30.3. The van der Waals surface area contributed by atoms with E-state index in [0.717, 1.165) is 34.5 Å². The number of carboxylic acids is 1. The van der Waals surface area contributed by atoms with Gasteiger partial charge in [-0.05, 0) is 75.4 Å². The lowest BCUT2D eigenvalue weighted by Gasteiger charge is -2.50. The second-order valence-electron chi connectivity index (χ2n) is 12.3. The van der Waals surface area contributed by atoms with Gasteiger partial charge in [-0.15, -0.1) is 15.6 Å². The number of anilines is 1. The van der Waals surface area contributed by atoms with E-state index in [2.05, 4.69) is 35.4 Å². The molecule has 0 saturated carbocycles. The molecule has 2 amide bonds. The highest BCUT2D eigenvalue weighted by Crippen LogP contribution is 2.36. The number of oxime groups is 1. The SMILES string of the molecule is CC(ON=C(C(=O)NC1C(=O)N(OS(=O)(=O)O)C1(C)C)c1csc(N)n1)(C(=O)O)C1CCc2cc(C3=CNC(NCCCN)=NC3)ccc2O1.O=CO. The number of carbonyl (C=O) groups is 4. The molecule has 288 valence electrons. The quantitative estimate of drug-likeness (QED) is 0.0316. The van der Waals surface area contributed by atoms with Crippen LogP contribution in [0.4, 0.5) is 5.13 Å². The molecule has 0 radical (unpaired) electrons. The monoisotopic (exact) mass is 781 g/mol. The average Bonchev–Trinajstić information content (AvgIpc) is 3.54. The number of amides is 2. The van der Waals surface area contributed by atoms with Crippen LogP contribution in [0.1, 0.15) is 50.4 Å². The first-order valence-electron chi connectivity index (χ1n) is 15.8. The third-order valence-corrected chi connectivity index (χ3v) is 9.32. The molecule has 1 aromatic carbocycles. The van der Waals surface area contributed by atoms with Gasteiger partial charge < -0.3 is 47.2 Å². The highest BCUT2D eigenvalue weighted by molar-refractivity contribution is 7.80. The summed E-state index contributed by atoms with van der Waals surface area (Å²) in [4.78, 5) is 61.3. The Morgan fingerprint density at radius 1 is 1.34 bits per heavy atom. The first kappa shape index (κ1) is 40.4. The fourth-order valence-electron chi connectivity index (χ4n) is 5.37. The second-order valence-corrected chi connectivity index (χ2v) is 14.2. The van der Waals surface area contributed by atoms with Gasteiger partial charge >= 0.3 is 16.4 Å². The molecule has 0 bridgehead atoms. The van der Waals surface area contributed by atoms with E-state index in [4.69, 9.17) is 35.5 Å². The van der Waals surface area contributed by atoms with Crippen LogP contribution >= 0.6 is 11.3 Å². The zero-order chi connectivity index (χ0) is 39.1. The maximum atomic E-state index is 13.5. The Kier molecular flexibility index (Phi) is 12.6. The summed E-state index contributed by atoms with van der Waals surface area (Å²) in [7, 11) is -5.03. The third kappa shape index (κ3) is 9.36. The molecule has 53 heavy (non-hydrogen) atoms. The number of nitrogens with zero attached hydrogens (tertiary/aromatic N) is 4. The van der Waals surface area contributed by atoms with Crippen molar-refractivity contribution in [1.29, 1.82) is 0 Å². The maximum Gasteiger partial charge on any atom is 0.418 e. The molecular weight excluding hydrogens is 743 g/mol. The summed E-state index contributed by atoms with van der Waals surface area (Å²) in [5.74, 6) is -2.31. The van der Waals surface area contributed by atoms with Crippen LogP contribution in [0.3, 0.4) is 0 Å². The number of aliphatic carboxylic acids is 1. The lowest BCUT2D eigenvalue weighted by Crippen LogP contribution is -2.76. The van der Waals surface area contributed by atoms with Gasteiger partial charge in [0.05, 0.1) is 12.1 Å². The number of hydrogen-bond donors (Lipinski definition) is 8. The molecule has 3 atom stereocenters. The van der Waals surface area contributed by atoms with E-state index in [1.54, 1.807) is 6.07 Å². The summed E-state index contributed by atoms with van der Waals surface area (Å²) < 4.78 is 41.8. The predicted molar refractivity (Wildman–Crippen MR) is 189 cm³/mol. The number of benzene rings is 1. The molecule has 1 aromatic heterocycles. The smallest absolute Gasteiger partial charge is 0.418 e. The summed E-state index contributed by atoms with van der Waals surface area (Å²) in [6.07, 6.45) is 2.30. The van der Waals surface area contributed by atoms with Crippen molar-refractivity contribution >= 4 is 68.4 Å². The highest BCUT2D eigenvalue weighted by Gasteiger charge is 2.58. The van der Waals surface area contributed by atoms with Crippen molar-refractivity contribution in [2.24, 2.45) is 15.9 Å². The molecule has 3 unspecified atom stereocenters. The van der Waals surface area contributed by atoms with Gasteiger partial charge in [0.2, 0.25) is 0 Å². The van der Waals surface area contributed by atoms with Crippen LogP contribution in [0, 0.1) is 0 Å². The largest absolute Gasteiger partial charge is 0.485 e. The van der Waals surface area contributed by atoms with Crippen LogP contribution in [0.5, 0.6) is 5.75 Å². The molecule has 4 heterocycles. The van der Waals surface area contributed by atoms with Gasteiger partial charge in [-0.3, -0.25) is 18.9 Å². The van der Waals surface area contributed by atoms with Crippen LogP contribution < -0.4 is 32.2 Å². The molecule has 23 heteroatoms. The average molecular weight is 782 g/mol. The Morgan fingerprint density at radius 2 is 2.06 bits per heavy atom. The molecule has 3 aliphatic heterocycles. The number of nitrogen functional groups attached to an aromatic ring is 1. The number of β-lactam (4-membered cyclic amide) rings is 1. The number of thiazole rings is 1. The summed E-state index contributed by atoms with van der Waals surface area (Å²) in [5.41, 5.74) is 9.89. The molecular formula is C30H39N9O12S2. The number of aliphatic imine (C=N–C) groups is 1. The summed E-state index contributed by atoms with van der Waals surface area (Å²) >= 11 is 0.968. The third-order valence-electron chi connectivity index (χ3n) is 8.31. The number of ether oxygens (including phenoxy) is 1. The van der Waals surface area contributed by atoms with Gasteiger partial charge in [-0.2, -0.15) is 13.5 Å². The lowest BCUT2D eigenvalue weighted by molar-refractivity contribution is -0.218. The van der Waals surface area contributed by atoms with Crippen molar-refractivity contribution < 1.29 is 56.2 Å². The lowest BCUT2D eigenvalue weighted by atomic mass is 9.84. The minimum absolute atomic E-state index is 0.0621. The van der Waals surface area contributed by atoms with Crippen LogP contribution in [0.2, 0.25) is 0 Å². The van der Waals surface area contributed by atoms with Crippen molar-refractivity contribution in [2.75, 3.05) is 25.4 Å². The molecule has 5 rings (SSSR count). The van der Waals surface area contributed by atoms with Crippen LogP contribution in [0.15, 0.2) is 39.9 Å². The van der Waals surface area contributed by atoms with Crippen LogP contribution in [-0.2, 0) is 45.1 Å². The summed E-state index contributed by atoms with van der Waals surface area (Å²) in [6, 6.07) is 4.21. The van der Waals surface area contributed by atoms with Crippen molar-refractivity contribution in [3.05, 3.63) is 46.6 Å². The Labute approximate surface area is 307 Å². The minimum atomic E-state index is -5.03. The van der Waals surface area contributed by atoms with Gasteiger partial charge in [0.15, 0.2) is 22.9 Å². The van der Waals surface area contributed by atoms with Gasteiger partial charge in [-0.25, -0.2) is 14.8 Å². The minimum Gasteiger partial charge on any atom is -0.485 e. The van der Waals surface area contributed by atoms with Gasteiger partial charge in [-0.1, -0.05) is 11.2 Å². The topological polar surface area (TPSA) is 320 Å². The molecule has 3 aliphatic rings. The van der Waals surface area contributed by atoms with Crippen LogP contribution in [-0.4, -0.2) is 112 Å². The Bertz CT molecular complexity index is 1930. The summed E-state index contributed by atoms with van der Waals surface area (Å²) in [5, 5.41) is 31.6. The number of carbonyl (C=O) groups excluding carboxylic acids is 2. The fourth-order valence-corrected chi connectivity index (χ4v) is 6.38. The van der Waals surface area contributed by atoms with Crippen molar-refractivity contribution in [1.82, 2.24) is 26.0 Å². The number of nitrogens with two attached hydrogens (primary N) is 2. The predicted octanol–water partition coefficient (Wildman–Crippen LogP) is -0.538. The molecule has 2 aromatic rings. The van der Waals surface area contributed by atoms with Crippen molar-refractivity contribution in [2.45, 2.75) is 63.3 Å². The molecule has 0 spiro atoms. The first-order valence-corrected chi connectivity index (χ1v) is 18.0. The summed E-state index contributed by atoms with van der Waals surface area (Å²) in [6.45, 7) is 5.49. The van der Waals surface area contributed by atoms with Gasteiger partial charge in [0.1, 0.15) is 17.5 Å². The number of rotatable bonds is 13. The van der Waals surface area contributed by atoms with E-state index in [1.807, 2.05) is 18.3 Å². The Balaban J connectivity index is 0.00000202. The molecule has 21 nitrogen and oxygen atoms in total. The Hall–Kier alpha value is -5.36. The number of aryl methyl sites for hydroxylation is 1. The molecule has 0 aliphatic carbocycles. The highest BCUT2D eigenvalue weighted by atomic mass is 32.3. The van der Waals surface area contributed by atoms with E-state index in [0.29, 0.717) is 42.8 Å². The maximum absolute atomic E-state index is 13.5. The normalized spacial score (nSPS) is 20.3. The van der Waals surface area contributed by atoms with E-state index in [1.165, 1.54) is 26.2 Å². The Morgan fingerprint density at radius 3 is 2.62 bits per heavy atom. The van der Waals surface area contributed by atoms with Crippen molar-refractivity contribution in [3.8, 4) is 5.75 Å². The number of fused-ring (bicyclic) bond motifs is 1. The molecule has 1 fully saturated rings. The fraction of sp³-hybridized carbons (Fsp3) is 0.433. The number of hydroxylamine groups is 2. The van der Waals surface area contributed by atoms with E-state index in [9.17, 15) is 27.9 Å². The zero-order valence-electron chi connectivity index (χ0n) is 28.6. The first-order chi connectivity index (χ1) is 24.9. The van der Waals surface area contributed by atoms with Gasteiger partial charge in [0, 0.05) is 18.1 Å². The standard InChI is InChI=1S/C29H37N9O10S2.CH2O2/c1-28(2)22(24(40)38(28)48-50(43,44)45)36-23(39)21(18-14-49-26(31)35-18)37-47-29(3,25(41)42)20-8-6-16-11-15(5-7-19(16)46-20)17-12-33-27(34-13-17)32-10-4-9-30;2-1-3/h5,7,11-12,14,20,22H,4,6,8-10,13,30H2,1-3H3,(H2,31,35)(H,36,39)(H,41,42)(H2,32,33,34)(H,43,44,45);1H,(H,2,3). The molecule has 1 saturated heterocycles. The number of nitrogens with one attached hydrogen (secondary N) is 3. The number of hydrogen-bond acceptors (Lipinski definition) is 17. The number of aromatic nitrogens is 1. The van der Waals surface area contributed by atoms with E-state index in [-0.39, 0.29) is 23.7 Å². The molecule has 10 N–H and O–H groups in total. The van der Waals surface area contributed by atoms with Gasteiger partial charge in [0.25, 0.3) is 23.9 Å². The second kappa shape index (κ2) is 16.5. The number of guanidine groups is 1. The van der Waals surface area contributed by atoms with Crippen molar-refractivity contribution in [3.63, 3.8) is 0 Å².